The molecule has 2 aromatic carbocycles. The number of rotatable bonds is 4. The number of thioether (sulfide) groups is 1. The van der Waals surface area contributed by atoms with Crippen molar-refractivity contribution in [1.29, 1.82) is 0 Å². The molecule has 1 fully saturated rings. The highest BCUT2D eigenvalue weighted by molar-refractivity contribution is 7.99. The van der Waals surface area contributed by atoms with E-state index in [1.807, 2.05) is 40.9 Å². The predicted molar refractivity (Wildman–Crippen MR) is 100 cm³/mol. The fourth-order valence-corrected chi connectivity index (χ4v) is 4.22. The molecule has 1 aliphatic heterocycles. The summed E-state index contributed by atoms with van der Waals surface area (Å²) in [6.07, 6.45) is 0.0945. The van der Waals surface area contributed by atoms with E-state index >= 15 is 0 Å². The fourth-order valence-electron chi connectivity index (χ4n) is 3.01. The SMILES string of the molecule is O=C(O)c1ccccc1CC(=O)N1CCSCC1c1ccc(Cl)cc1. The molecule has 0 spiro atoms. The van der Waals surface area contributed by atoms with Gasteiger partial charge in [-0.3, -0.25) is 4.79 Å². The monoisotopic (exact) mass is 375 g/mol. The number of nitrogens with zero attached hydrogens (tertiary/aromatic N) is 1. The minimum Gasteiger partial charge on any atom is -0.478 e. The summed E-state index contributed by atoms with van der Waals surface area (Å²) >= 11 is 7.78. The Bertz CT molecular complexity index is 778. The minimum absolute atomic E-state index is 0.0134. The number of aromatic carboxylic acids is 1. The molecule has 4 nitrogen and oxygen atoms in total. The topological polar surface area (TPSA) is 57.6 Å². The Hall–Kier alpha value is -1.98. The second-order valence-corrected chi connectivity index (χ2v) is 7.45. The molecule has 6 heteroatoms. The number of hydrogen-bond donors (Lipinski definition) is 1. The molecule has 3 rings (SSSR count). The van der Waals surface area contributed by atoms with Crippen molar-refractivity contribution in [3.8, 4) is 0 Å². The average Bonchev–Trinajstić information content (AvgIpc) is 2.62. The van der Waals surface area contributed by atoms with Crippen molar-refractivity contribution in [2.75, 3.05) is 18.1 Å². The van der Waals surface area contributed by atoms with Crippen LogP contribution < -0.4 is 0 Å². The van der Waals surface area contributed by atoms with Crippen molar-refractivity contribution in [2.45, 2.75) is 12.5 Å². The summed E-state index contributed by atoms with van der Waals surface area (Å²) in [5.41, 5.74) is 1.79. The second kappa shape index (κ2) is 7.93. The zero-order valence-corrected chi connectivity index (χ0v) is 15.1. The molecule has 130 valence electrons. The van der Waals surface area contributed by atoms with Crippen molar-refractivity contribution in [3.63, 3.8) is 0 Å². The van der Waals surface area contributed by atoms with Crippen molar-refractivity contribution >= 4 is 35.2 Å². The van der Waals surface area contributed by atoms with Crippen LogP contribution in [0.25, 0.3) is 0 Å². The van der Waals surface area contributed by atoms with E-state index < -0.39 is 5.97 Å². The largest absolute Gasteiger partial charge is 0.478 e. The molecule has 1 saturated heterocycles. The number of carboxylic acids is 1. The molecular formula is C19H18ClNO3S. The summed E-state index contributed by atoms with van der Waals surface area (Å²) in [5.74, 6) is 0.658. The molecule has 0 radical (unpaired) electrons. The van der Waals surface area contributed by atoms with Gasteiger partial charge in [-0.2, -0.15) is 11.8 Å². The van der Waals surface area contributed by atoms with Gasteiger partial charge in [0.25, 0.3) is 0 Å². The van der Waals surface area contributed by atoms with Crippen LogP contribution in [0, 0.1) is 0 Å². The Labute approximate surface area is 155 Å². The molecule has 2 aromatic rings. The molecule has 1 unspecified atom stereocenters. The summed E-state index contributed by atoms with van der Waals surface area (Å²) in [4.78, 5) is 26.1. The first kappa shape index (κ1) is 17.8. The summed E-state index contributed by atoms with van der Waals surface area (Å²) < 4.78 is 0. The van der Waals surface area contributed by atoms with E-state index in [0.29, 0.717) is 17.1 Å². The fraction of sp³-hybridized carbons (Fsp3) is 0.263. The van der Waals surface area contributed by atoms with E-state index in [1.54, 1.807) is 18.2 Å². The zero-order valence-electron chi connectivity index (χ0n) is 13.5. The van der Waals surface area contributed by atoms with E-state index in [2.05, 4.69) is 0 Å². The zero-order chi connectivity index (χ0) is 17.8. The quantitative estimate of drug-likeness (QED) is 0.880. The summed E-state index contributed by atoms with van der Waals surface area (Å²) in [7, 11) is 0. The maximum atomic E-state index is 12.9. The number of amides is 1. The minimum atomic E-state index is -1.01. The Kier molecular flexibility index (Phi) is 5.66. The lowest BCUT2D eigenvalue weighted by Crippen LogP contribution is -2.41. The summed E-state index contributed by atoms with van der Waals surface area (Å²) in [6, 6.07) is 14.2. The van der Waals surface area contributed by atoms with Gasteiger partial charge in [0.1, 0.15) is 0 Å². The normalized spacial score (nSPS) is 17.3. The number of carbonyl (C=O) groups excluding carboxylic acids is 1. The van der Waals surface area contributed by atoms with Crippen LogP contribution in [0.3, 0.4) is 0 Å². The lowest BCUT2D eigenvalue weighted by Gasteiger charge is -2.36. The molecule has 1 aliphatic rings. The molecule has 1 atom stereocenters. The van der Waals surface area contributed by atoms with Gasteiger partial charge < -0.3 is 10.0 Å². The van der Waals surface area contributed by atoms with Crippen molar-refractivity contribution in [3.05, 3.63) is 70.2 Å². The standard InChI is InChI=1S/C19H18ClNO3S/c20-15-7-5-13(6-8-15)17-12-25-10-9-21(17)18(22)11-14-3-1-2-4-16(14)19(23)24/h1-8,17H,9-12H2,(H,23,24). The third kappa shape index (κ3) is 4.17. The summed E-state index contributed by atoms with van der Waals surface area (Å²) in [6.45, 7) is 0.659. The van der Waals surface area contributed by atoms with Crippen LogP contribution in [0.5, 0.6) is 0 Å². The summed E-state index contributed by atoms with van der Waals surface area (Å²) in [5, 5.41) is 9.97. The lowest BCUT2D eigenvalue weighted by molar-refractivity contribution is -0.132. The third-order valence-corrected chi connectivity index (χ3v) is 5.57. The van der Waals surface area contributed by atoms with Crippen molar-refractivity contribution < 1.29 is 14.7 Å². The van der Waals surface area contributed by atoms with E-state index in [0.717, 1.165) is 17.1 Å². The van der Waals surface area contributed by atoms with Gasteiger partial charge in [-0.05, 0) is 29.3 Å². The number of halogens is 1. The molecular weight excluding hydrogens is 358 g/mol. The molecule has 0 bridgehead atoms. The lowest BCUT2D eigenvalue weighted by atomic mass is 10.0. The Morgan fingerprint density at radius 1 is 1.16 bits per heavy atom. The van der Waals surface area contributed by atoms with Crippen LogP contribution >= 0.6 is 23.4 Å². The molecule has 1 heterocycles. The molecule has 1 N–H and O–H groups in total. The van der Waals surface area contributed by atoms with Gasteiger partial charge >= 0.3 is 5.97 Å². The van der Waals surface area contributed by atoms with Crippen LogP contribution in [0.15, 0.2) is 48.5 Å². The maximum Gasteiger partial charge on any atom is 0.335 e. The van der Waals surface area contributed by atoms with Crippen LogP contribution in [-0.4, -0.2) is 39.9 Å². The number of hydrogen-bond acceptors (Lipinski definition) is 3. The van der Waals surface area contributed by atoms with E-state index in [9.17, 15) is 14.7 Å². The molecule has 0 aliphatic carbocycles. The van der Waals surface area contributed by atoms with E-state index in [4.69, 9.17) is 11.6 Å². The van der Waals surface area contributed by atoms with Crippen LogP contribution in [0.2, 0.25) is 5.02 Å². The highest BCUT2D eigenvalue weighted by Crippen LogP contribution is 2.31. The molecule has 1 amide bonds. The van der Waals surface area contributed by atoms with Crippen LogP contribution in [-0.2, 0) is 11.2 Å². The Balaban J connectivity index is 1.82. The predicted octanol–water partition coefficient (Wildman–Crippen LogP) is 3.90. The van der Waals surface area contributed by atoms with Crippen LogP contribution in [0.1, 0.15) is 27.5 Å². The van der Waals surface area contributed by atoms with Crippen molar-refractivity contribution in [1.82, 2.24) is 4.90 Å². The van der Waals surface area contributed by atoms with Gasteiger partial charge in [-0.1, -0.05) is 41.9 Å². The van der Waals surface area contributed by atoms with Gasteiger partial charge in [-0.25, -0.2) is 4.79 Å². The second-order valence-electron chi connectivity index (χ2n) is 5.87. The highest BCUT2D eigenvalue weighted by Gasteiger charge is 2.28. The maximum absolute atomic E-state index is 12.9. The van der Waals surface area contributed by atoms with Crippen molar-refractivity contribution in [2.24, 2.45) is 0 Å². The van der Waals surface area contributed by atoms with Gasteiger partial charge in [0.05, 0.1) is 18.0 Å². The third-order valence-electron chi connectivity index (χ3n) is 4.29. The average molecular weight is 376 g/mol. The van der Waals surface area contributed by atoms with Gasteiger partial charge in [0.2, 0.25) is 5.91 Å². The van der Waals surface area contributed by atoms with Crippen LogP contribution in [0.4, 0.5) is 0 Å². The number of carbonyl (C=O) groups is 2. The first-order valence-electron chi connectivity index (χ1n) is 8.00. The number of carboxylic acid groups (broad SMARTS) is 1. The first-order valence-corrected chi connectivity index (χ1v) is 9.53. The molecule has 0 aromatic heterocycles. The van der Waals surface area contributed by atoms with Gasteiger partial charge in [-0.15, -0.1) is 0 Å². The Morgan fingerprint density at radius 2 is 1.88 bits per heavy atom. The molecule has 0 saturated carbocycles. The van der Waals surface area contributed by atoms with Gasteiger partial charge in [0.15, 0.2) is 0 Å². The molecule has 25 heavy (non-hydrogen) atoms. The van der Waals surface area contributed by atoms with E-state index in [1.165, 1.54) is 6.07 Å². The van der Waals surface area contributed by atoms with Gasteiger partial charge in [0, 0.05) is 23.1 Å². The smallest absolute Gasteiger partial charge is 0.335 e. The number of benzene rings is 2. The Morgan fingerprint density at radius 3 is 2.60 bits per heavy atom. The van der Waals surface area contributed by atoms with E-state index in [-0.39, 0.29) is 23.9 Å². The first-order chi connectivity index (χ1) is 12.1. The highest BCUT2D eigenvalue weighted by atomic mass is 35.5.